The lowest BCUT2D eigenvalue weighted by Crippen LogP contribution is -2.44. The number of carbonyl (C=O) groups is 2. The van der Waals surface area contributed by atoms with Crippen LogP contribution in [-0.4, -0.2) is 73.5 Å². The SMILES string of the molecule is CCCN1C(=O)C2CC(NC(=O)COc3ccc(F)cc3)CN2CCS1(=O)=O. The minimum Gasteiger partial charge on any atom is -0.484 e. The number of hydrogen-bond acceptors (Lipinski definition) is 6. The van der Waals surface area contributed by atoms with Crippen LogP contribution >= 0.6 is 0 Å². The molecule has 28 heavy (non-hydrogen) atoms. The smallest absolute Gasteiger partial charge is 0.258 e. The van der Waals surface area contributed by atoms with Crippen molar-refractivity contribution in [1.29, 1.82) is 0 Å². The van der Waals surface area contributed by atoms with E-state index in [0.717, 1.165) is 4.31 Å². The predicted molar refractivity (Wildman–Crippen MR) is 99.6 cm³/mol. The molecular weight excluding hydrogens is 389 g/mol. The van der Waals surface area contributed by atoms with Crippen molar-refractivity contribution in [3.8, 4) is 5.75 Å². The maximum absolute atomic E-state index is 12.9. The number of rotatable bonds is 6. The van der Waals surface area contributed by atoms with Crippen LogP contribution in [0.4, 0.5) is 4.39 Å². The van der Waals surface area contributed by atoms with E-state index in [1.165, 1.54) is 24.3 Å². The average molecular weight is 413 g/mol. The fraction of sp³-hybridized carbons (Fsp3) is 0.556. The van der Waals surface area contributed by atoms with E-state index in [9.17, 15) is 22.4 Å². The van der Waals surface area contributed by atoms with E-state index in [0.29, 0.717) is 25.1 Å². The second kappa shape index (κ2) is 8.44. The molecule has 2 aliphatic rings. The van der Waals surface area contributed by atoms with Crippen molar-refractivity contribution >= 4 is 21.8 Å². The quantitative estimate of drug-likeness (QED) is 0.723. The fourth-order valence-electron chi connectivity index (χ4n) is 3.56. The van der Waals surface area contributed by atoms with Crippen molar-refractivity contribution in [3.05, 3.63) is 30.1 Å². The van der Waals surface area contributed by atoms with E-state index in [-0.39, 0.29) is 43.2 Å². The highest BCUT2D eigenvalue weighted by Gasteiger charge is 2.44. The Hall–Kier alpha value is -2.20. The summed E-state index contributed by atoms with van der Waals surface area (Å²) < 4.78 is 43.8. The zero-order valence-corrected chi connectivity index (χ0v) is 16.5. The molecule has 8 nitrogen and oxygen atoms in total. The highest BCUT2D eigenvalue weighted by molar-refractivity contribution is 7.89. The minimum atomic E-state index is -3.59. The van der Waals surface area contributed by atoms with Crippen LogP contribution < -0.4 is 10.1 Å². The van der Waals surface area contributed by atoms with E-state index < -0.39 is 22.0 Å². The van der Waals surface area contributed by atoms with Gasteiger partial charge in [0.1, 0.15) is 11.6 Å². The first-order valence-electron chi connectivity index (χ1n) is 9.26. The van der Waals surface area contributed by atoms with Gasteiger partial charge in [0, 0.05) is 25.7 Å². The Bertz CT molecular complexity index is 830. The number of sulfonamides is 1. The van der Waals surface area contributed by atoms with Gasteiger partial charge >= 0.3 is 0 Å². The zero-order valence-electron chi connectivity index (χ0n) is 15.6. The van der Waals surface area contributed by atoms with E-state index in [2.05, 4.69) is 5.32 Å². The Kier molecular flexibility index (Phi) is 6.19. The van der Waals surface area contributed by atoms with Crippen LogP contribution in [-0.2, 0) is 19.6 Å². The van der Waals surface area contributed by atoms with Gasteiger partial charge in [-0.3, -0.25) is 14.5 Å². The van der Waals surface area contributed by atoms with Crippen LogP contribution in [0.5, 0.6) is 5.75 Å². The molecule has 2 heterocycles. The molecule has 0 bridgehead atoms. The first-order valence-corrected chi connectivity index (χ1v) is 10.9. The largest absolute Gasteiger partial charge is 0.484 e. The number of benzene rings is 1. The Balaban J connectivity index is 1.56. The van der Waals surface area contributed by atoms with Gasteiger partial charge < -0.3 is 10.1 Å². The Morgan fingerprint density at radius 1 is 1.32 bits per heavy atom. The van der Waals surface area contributed by atoms with E-state index in [4.69, 9.17) is 4.74 Å². The predicted octanol–water partition coefficient (Wildman–Crippen LogP) is 0.346. The molecule has 0 radical (unpaired) electrons. The van der Waals surface area contributed by atoms with Crippen LogP contribution in [0.2, 0.25) is 0 Å². The van der Waals surface area contributed by atoms with Gasteiger partial charge in [0.05, 0.1) is 11.8 Å². The summed E-state index contributed by atoms with van der Waals surface area (Å²) >= 11 is 0. The maximum Gasteiger partial charge on any atom is 0.258 e. The van der Waals surface area contributed by atoms with Crippen LogP contribution in [0.15, 0.2) is 24.3 Å². The van der Waals surface area contributed by atoms with Crippen molar-refractivity contribution in [2.75, 3.05) is 32.0 Å². The molecule has 0 saturated carbocycles. The average Bonchev–Trinajstić information content (AvgIpc) is 3.03. The number of carbonyl (C=O) groups excluding carboxylic acids is 2. The highest BCUT2D eigenvalue weighted by atomic mass is 32.2. The molecule has 154 valence electrons. The molecule has 0 aliphatic carbocycles. The normalized spacial score (nSPS) is 24.5. The van der Waals surface area contributed by atoms with E-state index in [1.807, 2.05) is 11.8 Å². The van der Waals surface area contributed by atoms with Crippen LogP contribution in [0.3, 0.4) is 0 Å². The molecule has 0 aromatic heterocycles. The van der Waals surface area contributed by atoms with E-state index in [1.54, 1.807) is 0 Å². The first kappa shape index (κ1) is 20.5. The summed E-state index contributed by atoms with van der Waals surface area (Å²) in [6.07, 6.45) is 0.912. The number of amides is 2. The third-order valence-electron chi connectivity index (χ3n) is 4.88. The molecule has 3 rings (SSSR count). The summed E-state index contributed by atoms with van der Waals surface area (Å²) in [7, 11) is -3.59. The standard InChI is InChI=1S/C18H24FN3O5S/c1-2-7-22-18(24)16-10-14(11-21(16)8-9-28(22,25)26)20-17(23)12-27-15-5-3-13(19)4-6-15/h3-6,14,16H,2,7-12H2,1H3,(H,20,23). The number of halogens is 1. The molecule has 1 aromatic carbocycles. The molecular formula is C18H24FN3O5S. The zero-order chi connectivity index (χ0) is 20.3. The monoisotopic (exact) mass is 413 g/mol. The minimum absolute atomic E-state index is 0.108. The lowest BCUT2D eigenvalue weighted by Gasteiger charge is -2.23. The second-order valence-corrected chi connectivity index (χ2v) is 8.99. The van der Waals surface area contributed by atoms with Crippen molar-refractivity contribution in [3.63, 3.8) is 0 Å². The van der Waals surface area contributed by atoms with Crippen LogP contribution in [0.1, 0.15) is 19.8 Å². The topological polar surface area (TPSA) is 96.0 Å². The molecule has 2 atom stereocenters. The fourth-order valence-corrected chi connectivity index (χ4v) is 5.10. The number of ether oxygens (including phenoxy) is 1. The maximum atomic E-state index is 12.9. The van der Waals surface area contributed by atoms with Gasteiger partial charge in [0.25, 0.3) is 11.8 Å². The van der Waals surface area contributed by atoms with E-state index >= 15 is 0 Å². The molecule has 2 unspecified atom stereocenters. The van der Waals surface area contributed by atoms with Gasteiger partial charge in [-0.2, -0.15) is 0 Å². The molecule has 2 amide bonds. The van der Waals surface area contributed by atoms with Gasteiger partial charge in [-0.05, 0) is 37.1 Å². The van der Waals surface area contributed by atoms with Gasteiger partial charge in [-0.15, -0.1) is 0 Å². The summed E-state index contributed by atoms with van der Waals surface area (Å²) in [6, 6.07) is 4.54. The van der Waals surface area contributed by atoms with Crippen LogP contribution in [0.25, 0.3) is 0 Å². The summed E-state index contributed by atoms with van der Waals surface area (Å²) in [5, 5.41) is 2.83. The lowest BCUT2D eigenvalue weighted by molar-refractivity contribution is -0.130. The summed E-state index contributed by atoms with van der Waals surface area (Å²) in [5.41, 5.74) is 0. The number of hydrogen-bond donors (Lipinski definition) is 1. The Morgan fingerprint density at radius 2 is 2.04 bits per heavy atom. The molecule has 2 fully saturated rings. The van der Waals surface area contributed by atoms with Crippen molar-refractivity contribution in [2.24, 2.45) is 0 Å². The lowest BCUT2D eigenvalue weighted by atomic mass is 10.1. The van der Waals surface area contributed by atoms with Gasteiger partial charge in [-0.1, -0.05) is 6.92 Å². The number of nitrogens with zero attached hydrogens (tertiary/aromatic N) is 2. The van der Waals surface area contributed by atoms with Crippen LogP contribution in [0, 0.1) is 5.82 Å². The molecule has 0 spiro atoms. The van der Waals surface area contributed by atoms with Crippen molar-refractivity contribution in [1.82, 2.24) is 14.5 Å². The number of fused-ring (bicyclic) bond motifs is 1. The Morgan fingerprint density at radius 3 is 2.71 bits per heavy atom. The van der Waals surface area contributed by atoms with Gasteiger partial charge in [0.2, 0.25) is 10.0 Å². The highest BCUT2D eigenvalue weighted by Crippen LogP contribution is 2.25. The van der Waals surface area contributed by atoms with Gasteiger partial charge in [0.15, 0.2) is 6.61 Å². The van der Waals surface area contributed by atoms with Crippen molar-refractivity contribution < 1.29 is 27.1 Å². The first-order chi connectivity index (χ1) is 13.3. The Labute approximate surface area is 163 Å². The molecule has 1 N–H and O–H groups in total. The summed E-state index contributed by atoms with van der Waals surface area (Å²) in [6.45, 7) is 2.45. The summed E-state index contributed by atoms with van der Waals surface area (Å²) in [4.78, 5) is 26.7. The third kappa shape index (κ3) is 4.61. The molecule has 10 heteroatoms. The van der Waals surface area contributed by atoms with Crippen molar-refractivity contribution in [2.45, 2.75) is 31.8 Å². The molecule has 2 saturated heterocycles. The third-order valence-corrected chi connectivity index (χ3v) is 6.61. The second-order valence-electron chi connectivity index (χ2n) is 6.98. The number of nitrogens with one attached hydrogen (secondary N) is 1. The molecule has 2 aliphatic heterocycles. The summed E-state index contributed by atoms with van der Waals surface area (Å²) in [5.74, 6) is -0.883. The van der Waals surface area contributed by atoms with Gasteiger partial charge in [-0.25, -0.2) is 17.1 Å². The molecule has 1 aromatic rings.